The number of para-hydroxylation sites is 1. The molecule has 2 aliphatic rings. The van der Waals surface area contributed by atoms with Gasteiger partial charge in [0.2, 0.25) is 0 Å². The van der Waals surface area contributed by atoms with Crippen molar-refractivity contribution in [2.24, 2.45) is 0 Å². The summed E-state index contributed by atoms with van der Waals surface area (Å²) >= 11 is 0. The van der Waals surface area contributed by atoms with Gasteiger partial charge in [-0.2, -0.15) is 0 Å². The van der Waals surface area contributed by atoms with Crippen LogP contribution in [-0.2, 0) is 10.2 Å². The van der Waals surface area contributed by atoms with Crippen LogP contribution in [0.5, 0.6) is 5.75 Å². The number of amides is 1. The van der Waals surface area contributed by atoms with Crippen molar-refractivity contribution >= 4 is 5.91 Å². The SMILES string of the molecule is Cc1ccccc1C1(CNC(=O)c2ccccc2OC2CCC2)CCOCC1. The fourth-order valence-electron chi connectivity index (χ4n) is 4.24. The molecule has 1 saturated heterocycles. The number of benzene rings is 2. The molecule has 2 fully saturated rings. The fourth-order valence-corrected chi connectivity index (χ4v) is 4.24. The number of hydrogen-bond acceptors (Lipinski definition) is 3. The van der Waals surface area contributed by atoms with E-state index in [0.29, 0.717) is 17.9 Å². The lowest BCUT2D eigenvalue weighted by molar-refractivity contribution is 0.0484. The maximum Gasteiger partial charge on any atom is 0.255 e. The third-order valence-electron chi connectivity index (χ3n) is 6.23. The lowest BCUT2D eigenvalue weighted by Crippen LogP contribution is -2.45. The van der Waals surface area contributed by atoms with Gasteiger partial charge in [-0.3, -0.25) is 4.79 Å². The predicted molar refractivity (Wildman–Crippen MR) is 110 cm³/mol. The van der Waals surface area contributed by atoms with Gasteiger partial charge in [0, 0.05) is 25.2 Å². The minimum absolute atomic E-state index is 0.0608. The molecule has 0 unspecified atom stereocenters. The van der Waals surface area contributed by atoms with Gasteiger partial charge in [-0.1, -0.05) is 36.4 Å². The normalized spacial score (nSPS) is 18.9. The van der Waals surface area contributed by atoms with Gasteiger partial charge in [0.1, 0.15) is 5.75 Å². The Morgan fingerprint density at radius 2 is 1.82 bits per heavy atom. The first-order valence-corrected chi connectivity index (χ1v) is 10.4. The largest absolute Gasteiger partial charge is 0.490 e. The molecule has 0 atom stereocenters. The van der Waals surface area contributed by atoms with Crippen molar-refractivity contribution < 1.29 is 14.3 Å². The van der Waals surface area contributed by atoms with Crippen molar-refractivity contribution in [3.8, 4) is 5.75 Å². The summed E-state index contributed by atoms with van der Waals surface area (Å²) in [6, 6.07) is 16.1. The minimum Gasteiger partial charge on any atom is -0.490 e. The number of ether oxygens (including phenoxy) is 2. The second kappa shape index (κ2) is 8.36. The van der Waals surface area contributed by atoms with Crippen LogP contribution < -0.4 is 10.1 Å². The molecule has 0 bridgehead atoms. The third-order valence-corrected chi connectivity index (χ3v) is 6.23. The van der Waals surface area contributed by atoms with Crippen LogP contribution in [0.1, 0.15) is 53.6 Å². The summed E-state index contributed by atoms with van der Waals surface area (Å²) in [6.07, 6.45) is 5.44. The third kappa shape index (κ3) is 3.93. The molecule has 0 radical (unpaired) electrons. The van der Waals surface area contributed by atoms with Crippen molar-refractivity contribution in [3.63, 3.8) is 0 Å². The first-order valence-electron chi connectivity index (χ1n) is 10.4. The van der Waals surface area contributed by atoms with E-state index < -0.39 is 0 Å². The van der Waals surface area contributed by atoms with Gasteiger partial charge in [0.15, 0.2) is 0 Å². The molecule has 1 N–H and O–H groups in total. The maximum absolute atomic E-state index is 13.0. The number of carbonyl (C=O) groups is 1. The van der Waals surface area contributed by atoms with Gasteiger partial charge in [0.05, 0.1) is 11.7 Å². The molecule has 1 amide bonds. The number of hydrogen-bond donors (Lipinski definition) is 1. The fraction of sp³-hybridized carbons (Fsp3) is 0.458. The van der Waals surface area contributed by atoms with Crippen LogP contribution in [0.4, 0.5) is 0 Å². The van der Waals surface area contributed by atoms with E-state index in [0.717, 1.165) is 38.9 Å². The van der Waals surface area contributed by atoms with Crippen LogP contribution in [0, 0.1) is 6.92 Å². The quantitative estimate of drug-likeness (QED) is 0.809. The van der Waals surface area contributed by atoms with Gasteiger partial charge < -0.3 is 14.8 Å². The van der Waals surface area contributed by atoms with E-state index in [1.54, 1.807) is 0 Å². The van der Waals surface area contributed by atoms with Crippen molar-refractivity contribution in [2.45, 2.75) is 50.5 Å². The summed E-state index contributed by atoms with van der Waals surface area (Å²) in [6.45, 7) is 4.21. The van der Waals surface area contributed by atoms with Crippen LogP contribution in [0.3, 0.4) is 0 Å². The Kier molecular flexibility index (Phi) is 5.67. The monoisotopic (exact) mass is 379 g/mol. The van der Waals surface area contributed by atoms with E-state index in [4.69, 9.17) is 9.47 Å². The Labute approximate surface area is 167 Å². The zero-order chi connectivity index (χ0) is 19.4. The van der Waals surface area contributed by atoms with Crippen LogP contribution in [-0.4, -0.2) is 31.8 Å². The molecule has 0 spiro atoms. The molecule has 1 saturated carbocycles. The molecule has 148 valence electrons. The number of rotatable bonds is 6. The highest BCUT2D eigenvalue weighted by Gasteiger charge is 2.36. The summed E-state index contributed by atoms with van der Waals surface area (Å²) in [5, 5.41) is 3.21. The Balaban J connectivity index is 1.52. The van der Waals surface area contributed by atoms with Gasteiger partial charge in [-0.05, 0) is 62.3 Å². The van der Waals surface area contributed by atoms with Gasteiger partial charge in [-0.15, -0.1) is 0 Å². The lowest BCUT2D eigenvalue weighted by atomic mass is 9.72. The highest BCUT2D eigenvalue weighted by Crippen LogP contribution is 2.36. The number of aryl methyl sites for hydroxylation is 1. The molecule has 2 aromatic carbocycles. The van der Waals surface area contributed by atoms with E-state index in [1.807, 2.05) is 24.3 Å². The topological polar surface area (TPSA) is 47.6 Å². The molecule has 4 heteroatoms. The Morgan fingerprint density at radius 1 is 1.11 bits per heavy atom. The summed E-state index contributed by atoms with van der Waals surface area (Å²) in [4.78, 5) is 13.0. The second-order valence-electron chi connectivity index (χ2n) is 8.06. The van der Waals surface area contributed by atoms with Crippen LogP contribution in [0.25, 0.3) is 0 Å². The minimum atomic E-state index is -0.0803. The van der Waals surface area contributed by atoms with E-state index in [-0.39, 0.29) is 17.4 Å². The van der Waals surface area contributed by atoms with Crippen LogP contribution in [0.2, 0.25) is 0 Å². The van der Waals surface area contributed by atoms with Crippen molar-refractivity contribution in [1.29, 1.82) is 0 Å². The Bertz CT molecular complexity index is 822. The van der Waals surface area contributed by atoms with Crippen molar-refractivity contribution in [1.82, 2.24) is 5.32 Å². The molecular formula is C24H29NO3. The van der Waals surface area contributed by atoms with Crippen LogP contribution >= 0.6 is 0 Å². The molecule has 1 aliphatic heterocycles. The standard InChI is InChI=1S/C24H29NO3/c1-18-7-2-4-11-21(18)24(13-15-27-16-14-24)17-25-23(26)20-10-3-5-12-22(20)28-19-8-6-9-19/h2-5,7,10-12,19H,6,8-9,13-17H2,1H3,(H,25,26). The van der Waals surface area contributed by atoms with Crippen LogP contribution in [0.15, 0.2) is 48.5 Å². The van der Waals surface area contributed by atoms with Gasteiger partial charge in [-0.25, -0.2) is 0 Å². The lowest BCUT2D eigenvalue weighted by Gasteiger charge is -2.39. The smallest absolute Gasteiger partial charge is 0.255 e. The zero-order valence-corrected chi connectivity index (χ0v) is 16.6. The van der Waals surface area contributed by atoms with Crippen molar-refractivity contribution in [3.05, 3.63) is 65.2 Å². The molecule has 1 heterocycles. The van der Waals surface area contributed by atoms with E-state index in [9.17, 15) is 4.79 Å². The second-order valence-corrected chi connectivity index (χ2v) is 8.06. The van der Waals surface area contributed by atoms with Crippen molar-refractivity contribution in [2.75, 3.05) is 19.8 Å². The Hall–Kier alpha value is -2.33. The molecule has 28 heavy (non-hydrogen) atoms. The maximum atomic E-state index is 13.0. The molecule has 2 aromatic rings. The zero-order valence-electron chi connectivity index (χ0n) is 16.6. The molecule has 1 aliphatic carbocycles. The highest BCUT2D eigenvalue weighted by atomic mass is 16.5. The Morgan fingerprint density at radius 3 is 2.54 bits per heavy atom. The molecular weight excluding hydrogens is 350 g/mol. The average molecular weight is 380 g/mol. The predicted octanol–water partition coefficient (Wildman–Crippen LogP) is 4.40. The summed E-state index contributed by atoms with van der Waals surface area (Å²) < 4.78 is 11.7. The molecule has 0 aromatic heterocycles. The summed E-state index contributed by atoms with van der Waals surface area (Å²) in [5.74, 6) is 0.635. The summed E-state index contributed by atoms with van der Waals surface area (Å²) in [5.41, 5.74) is 3.13. The van der Waals surface area contributed by atoms with E-state index in [2.05, 4.69) is 36.5 Å². The first-order chi connectivity index (χ1) is 13.7. The highest BCUT2D eigenvalue weighted by molar-refractivity contribution is 5.97. The van der Waals surface area contributed by atoms with E-state index >= 15 is 0 Å². The molecule has 4 nitrogen and oxygen atoms in total. The number of nitrogens with one attached hydrogen (secondary N) is 1. The summed E-state index contributed by atoms with van der Waals surface area (Å²) in [7, 11) is 0. The average Bonchev–Trinajstić information content (AvgIpc) is 2.70. The van der Waals surface area contributed by atoms with Gasteiger partial charge >= 0.3 is 0 Å². The van der Waals surface area contributed by atoms with Gasteiger partial charge in [0.25, 0.3) is 5.91 Å². The van der Waals surface area contributed by atoms with E-state index in [1.165, 1.54) is 17.5 Å². The molecule has 4 rings (SSSR count). The first kappa shape index (κ1) is 19.0. The number of carbonyl (C=O) groups excluding carboxylic acids is 1.